The van der Waals surface area contributed by atoms with Crippen LogP contribution in [0, 0.1) is 0 Å². The first-order valence-electron chi connectivity index (χ1n) is 10.5. The molecule has 3 N–H and O–H groups in total. The minimum absolute atomic E-state index is 0.160. The molecule has 0 bridgehead atoms. The summed E-state index contributed by atoms with van der Waals surface area (Å²) in [6.45, 7) is 0. The maximum atomic E-state index is 13.3. The molecule has 0 spiro atoms. The Labute approximate surface area is 212 Å². The number of nitrogens with zero attached hydrogens (tertiary/aromatic N) is 1. The van der Waals surface area contributed by atoms with Gasteiger partial charge in [-0.05, 0) is 66.2 Å². The highest BCUT2D eigenvalue weighted by atomic mass is 35.5. The van der Waals surface area contributed by atoms with Gasteiger partial charge in [0.15, 0.2) is 11.5 Å². The predicted octanol–water partition coefficient (Wildman–Crippen LogP) is 3.63. The van der Waals surface area contributed by atoms with Gasteiger partial charge in [0, 0.05) is 16.3 Å². The Morgan fingerprint density at radius 1 is 0.944 bits per heavy atom. The lowest BCUT2D eigenvalue weighted by atomic mass is 9.94. The van der Waals surface area contributed by atoms with E-state index in [1.807, 2.05) is 0 Å². The minimum atomic E-state index is -3.97. The summed E-state index contributed by atoms with van der Waals surface area (Å²) < 4.78 is 34.1. The van der Waals surface area contributed by atoms with Gasteiger partial charge in [-0.15, -0.1) is 0 Å². The molecule has 186 valence electrons. The third kappa shape index (κ3) is 4.53. The van der Waals surface area contributed by atoms with Crippen molar-refractivity contribution >= 4 is 44.8 Å². The zero-order chi connectivity index (χ0) is 26.2. The molecule has 11 heteroatoms. The van der Waals surface area contributed by atoms with Crippen molar-refractivity contribution in [3.8, 4) is 11.5 Å². The Hall–Kier alpha value is -3.86. The largest absolute Gasteiger partial charge is 0.507 e. The molecule has 1 heterocycles. The number of carbonyl (C=O) groups is 2. The number of ether oxygens (including phenoxy) is 2. The Balaban J connectivity index is 1.95. The fourth-order valence-corrected chi connectivity index (χ4v) is 4.64. The molecule has 4 rings (SSSR count). The molecule has 1 amide bonds. The highest BCUT2D eigenvalue weighted by molar-refractivity contribution is 7.89. The third-order valence-electron chi connectivity index (χ3n) is 5.73. The van der Waals surface area contributed by atoms with E-state index in [0.29, 0.717) is 22.1 Å². The van der Waals surface area contributed by atoms with Crippen LogP contribution >= 0.6 is 11.6 Å². The molecular weight excluding hydrogens is 508 g/mol. The average molecular weight is 529 g/mol. The van der Waals surface area contributed by atoms with E-state index in [-0.39, 0.29) is 21.7 Å². The molecule has 1 aliphatic heterocycles. The maximum Gasteiger partial charge on any atom is 0.300 e. The quantitative estimate of drug-likeness (QED) is 0.283. The average Bonchev–Trinajstić information content (AvgIpc) is 3.13. The lowest BCUT2D eigenvalue weighted by Gasteiger charge is -2.26. The first kappa shape index (κ1) is 25.2. The van der Waals surface area contributed by atoms with Gasteiger partial charge in [-0.25, -0.2) is 13.6 Å². The van der Waals surface area contributed by atoms with Crippen molar-refractivity contribution in [2.45, 2.75) is 10.9 Å². The highest BCUT2D eigenvalue weighted by Gasteiger charge is 2.47. The van der Waals surface area contributed by atoms with E-state index in [1.165, 1.54) is 55.5 Å². The monoisotopic (exact) mass is 528 g/mol. The molecule has 0 aliphatic carbocycles. The molecule has 0 saturated carbocycles. The number of rotatable bonds is 6. The molecule has 1 atom stereocenters. The van der Waals surface area contributed by atoms with Crippen LogP contribution in [0.4, 0.5) is 5.69 Å². The number of methoxy groups -OCH3 is 2. The summed E-state index contributed by atoms with van der Waals surface area (Å²) in [5, 5.41) is 16.8. The molecule has 3 aromatic rings. The molecule has 1 fully saturated rings. The number of hydrogen-bond donors (Lipinski definition) is 2. The number of Topliss-reactive ketones (excluding diaryl/α,β-unsaturated/α-hetero) is 1. The first-order chi connectivity index (χ1) is 17.1. The zero-order valence-corrected chi connectivity index (χ0v) is 20.7. The van der Waals surface area contributed by atoms with Gasteiger partial charge >= 0.3 is 0 Å². The van der Waals surface area contributed by atoms with E-state index >= 15 is 0 Å². The van der Waals surface area contributed by atoms with Gasteiger partial charge in [0.05, 0.1) is 30.7 Å². The van der Waals surface area contributed by atoms with Gasteiger partial charge in [-0.1, -0.05) is 17.7 Å². The topological polar surface area (TPSA) is 136 Å². The summed E-state index contributed by atoms with van der Waals surface area (Å²) in [6, 6.07) is 15.1. The van der Waals surface area contributed by atoms with Crippen molar-refractivity contribution in [1.82, 2.24) is 0 Å². The number of benzene rings is 3. The third-order valence-corrected chi connectivity index (χ3v) is 6.91. The van der Waals surface area contributed by atoms with Gasteiger partial charge in [0.25, 0.3) is 11.7 Å². The molecule has 0 radical (unpaired) electrons. The van der Waals surface area contributed by atoms with Crippen molar-refractivity contribution in [3.05, 3.63) is 88.5 Å². The summed E-state index contributed by atoms with van der Waals surface area (Å²) in [4.78, 5) is 27.5. The SMILES string of the molecule is COc1ccc(C2/C(=C(/O)c3ccc(Cl)cc3)C(=O)C(=O)N2c2ccc(S(N)(=O)=O)cc2)cc1OC. The fourth-order valence-electron chi connectivity index (χ4n) is 4.00. The van der Waals surface area contributed by atoms with Crippen LogP contribution < -0.4 is 19.5 Å². The Morgan fingerprint density at radius 2 is 1.56 bits per heavy atom. The van der Waals surface area contributed by atoms with E-state index in [4.69, 9.17) is 26.2 Å². The lowest BCUT2D eigenvalue weighted by Crippen LogP contribution is -2.29. The van der Waals surface area contributed by atoms with Gasteiger partial charge < -0.3 is 14.6 Å². The van der Waals surface area contributed by atoms with E-state index in [9.17, 15) is 23.1 Å². The molecule has 1 saturated heterocycles. The Morgan fingerprint density at radius 3 is 2.11 bits per heavy atom. The van der Waals surface area contributed by atoms with Crippen molar-refractivity contribution in [1.29, 1.82) is 0 Å². The number of ketones is 1. The number of primary sulfonamides is 1. The van der Waals surface area contributed by atoms with Crippen molar-refractivity contribution in [3.63, 3.8) is 0 Å². The van der Waals surface area contributed by atoms with Gasteiger partial charge in [0.2, 0.25) is 10.0 Å². The van der Waals surface area contributed by atoms with Gasteiger partial charge in [-0.2, -0.15) is 0 Å². The number of hydrogen-bond acceptors (Lipinski definition) is 7. The van der Waals surface area contributed by atoms with E-state index in [1.54, 1.807) is 30.3 Å². The number of anilines is 1. The predicted molar refractivity (Wildman–Crippen MR) is 134 cm³/mol. The lowest BCUT2D eigenvalue weighted by molar-refractivity contribution is -0.132. The normalized spacial score (nSPS) is 17.3. The molecule has 1 aliphatic rings. The number of amides is 1. The maximum absolute atomic E-state index is 13.3. The van der Waals surface area contributed by atoms with Crippen LogP contribution in [0.3, 0.4) is 0 Å². The van der Waals surface area contributed by atoms with Crippen LogP contribution in [-0.4, -0.2) is 39.4 Å². The Kier molecular flexibility index (Phi) is 6.77. The number of aliphatic hydroxyl groups is 1. The number of halogens is 1. The smallest absolute Gasteiger partial charge is 0.300 e. The summed E-state index contributed by atoms with van der Waals surface area (Å²) in [5.41, 5.74) is 0.787. The van der Waals surface area contributed by atoms with Gasteiger partial charge in [-0.3, -0.25) is 14.5 Å². The molecule has 1 unspecified atom stereocenters. The number of aliphatic hydroxyl groups excluding tert-OH is 1. The summed E-state index contributed by atoms with van der Waals surface area (Å²) in [6.07, 6.45) is 0. The summed E-state index contributed by atoms with van der Waals surface area (Å²) in [7, 11) is -1.06. The second-order valence-corrected chi connectivity index (χ2v) is 9.83. The minimum Gasteiger partial charge on any atom is -0.507 e. The number of carbonyl (C=O) groups excluding carboxylic acids is 2. The summed E-state index contributed by atoms with van der Waals surface area (Å²) in [5.74, 6) is -1.45. The van der Waals surface area contributed by atoms with Crippen LogP contribution in [0.15, 0.2) is 77.2 Å². The fraction of sp³-hybridized carbons (Fsp3) is 0.120. The van der Waals surface area contributed by atoms with Crippen molar-refractivity contribution < 1.29 is 32.6 Å². The van der Waals surface area contributed by atoms with Crippen molar-refractivity contribution in [2.24, 2.45) is 5.14 Å². The molecule has 36 heavy (non-hydrogen) atoms. The zero-order valence-electron chi connectivity index (χ0n) is 19.1. The number of sulfonamides is 1. The van der Waals surface area contributed by atoms with Crippen LogP contribution in [0.25, 0.3) is 5.76 Å². The van der Waals surface area contributed by atoms with Crippen LogP contribution in [-0.2, 0) is 19.6 Å². The summed E-state index contributed by atoms with van der Waals surface area (Å²) >= 11 is 5.96. The standard InChI is InChI=1S/C25H21ClN2O7S/c1-34-19-12-5-15(13-20(19)35-2)22-21(23(29)14-3-6-16(26)7-4-14)24(30)25(31)28(22)17-8-10-18(11-9-17)36(27,32)33/h3-13,22,29H,1-2H3,(H2,27,32,33)/b23-21-. The highest BCUT2D eigenvalue weighted by Crippen LogP contribution is 2.44. The number of nitrogens with two attached hydrogens (primary N) is 1. The molecule has 3 aromatic carbocycles. The van der Waals surface area contributed by atoms with Crippen molar-refractivity contribution in [2.75, 3.05) is 19.1 Å². The Bertz CT molecular complexity index is 1480. The first-order valence-corrected chi connectivity index (χ1v) is 12.4. The van der Waals surface area contributed by atoms with E-state index in [2.05, 4.69) is 0 Å². The molecule has 0 aromatic heterocycles. The second kappa shape index (κ2) is 9.65. The van der Waals surface area contributed by atoms with E-state index < -0.39 is 33.5 Å². The van der Waals surface area contributed by atoms with E-state index in [0.717, 1.165) is 0 Å². The molecular formula is C25H21ClN2O7S. The van der Waals surface area contributed by atoms with Crippen LogP contribution in [0.5, 0.6) is 11.5 Å². The molecule has 9 nitrogen and oxygen atoms in total. The van der Waals surface area contributed by atoms with Crippen LogP contribution in [0.1, 0.15) is 17.2 Å². The van der Waals surface area contributed by atoms with Crippen LogP contribution in [0.2, 0.25) is 5.02 Å². The van der Waals surface area contributed by atoms with Gasteiger partial charge in [0.1, 0.15) is 5.76 Å². The second-order valence-electron chi connectivity index (χ2n) is 7.83.